The van der Waals surface area contributed by atoms with Crippen molar-refractivity contribution in [2.45, 2.75) is 25.2 Å². The molecular formula is C17H18F3NO. The summed E-state index contributed by atoms with van der Waals surface area (Å²) in [6.45, 7) is 0. The lowest BCUT2D eigenvalue weighted by molar-refractivity contribution is -0.137. The summed E-state index contributed by atoms with van der Waals surface area (Å²) in [5.74, 6) is 0.417. The Balaban J connectivity index is 1.92. The quantitative estimate of drug-likeness (QED) is 0.805. The normalized spacial score (nSPS) is 12.9. The summed E-state index contributed by atoms with van der Waals surface area (Å²) in [6, 6.07) is 14.7. The van der Waals surface area contributed by atoms with Crippen LogP contribution in [-0.2, 0) is 12.6 Å². The Morgan fingerprint density at radius 3 is 2.18 bits per heavy atom. The second kappa shape index (κ2) is 7.31. The molecule has 22 heavy (non-hydrogen) atoms. The summed E-state index contributed by atoms with van der Waals surface area (Å²) in [7, 11) is 1.76. The molecule has 0 heterocycles. The van der Waals surface area contributed by atoms with E-state index in [0.29, 0.717) is 5.75 Å². The molecule has 0 bridgehead atoms. The van der Waals surface area contributed by atoms with E-state index in [1.165, 1.54) is 17.7 Å². The van der Waals surface area contributed by atoms with E-state index in [4.69, 9.17) is 4.74 Å². The van der Waals surface area contributed by atoms with E-state index in [9.17, 15) is 13.2 Å². The molecule has 1 atom stereocenters. The Labute approximate surface area is 127 Å². The average Bonchev–Trinajstić information content (AvgIpc) is 2.52. The van der Waals surface area contributed by atoms with Crippen LogP contribution >= 0.6 is 0 Å². The number of halogens is 3. The van der Waals surface area contributed by atoms with E-state index in [1.54, 1.807) is 7.05 Å². The average molecular weight is 309 g/mol. The molecule has 0 amide bonds. The van der Waals surface area contributed by atoms with Gasteiger partial charge in [0.05, 0.1) is 5.56 Å². The second-order valence-corrected chi connectivity index (χ2v) is 4.94. The maximum absolute atomic E-state index is 12.5. The van der Waals surface area contributed by atoms with Gasteiger partial charge >= 0.3 is 6.18 Å². The number of alkyl halides is 3. The third kappa shape index (κ3) is 4.77. The van der Waals surface area contributed by atoms with Crippen LogP contribution in [0.3, 0.4) is 0 Å². The Kier molecular flexibility index (Phi) is 5.44. The standard InChI is InChI=1S/C17H18F3NO/c1-21-16(12-7-13-5-3-2-4-6-13)22-15-10-8-14(9-11-15)17(18,19)20/h2-6,8-11,16,21H,7,12H2,1H3. The van der Waals surface area contributed by atoms with E-state index in [0.717, 1.165) is 25.0 Å². The predicted octanol–water partition coefficient (Wildman–Crippen LogP) is 4.26. The molecule has 2 nitrogen and oxygen atoms in total. The van der Waals surface area contributed by atoms with E-state index < -0.39 is 11.7 Å². The van der Waals surface area contributed by atoms with E-state index in [-0.39, 0.29) is 6.23 Å². The Hall–Kier alpha value is -2.01. The van der Waals surface area contributed by atoms with Crippen molar-refractivity contribution in [3.8, 4) is 5.75 Å². The van der Waals surface area contributed by atoms with Crippen LogP contribution in [0, 0.1) is 0 Å². The van der Waals surface area contributed by atoms with E-state index >= 15 is 0 Å². The van der Waals surface area contributed by atoms with Crippen molar-refractivity contribution in [1.29, 1.82) is 0 Å². The highest BCUT2D eigenvalue weighted by atomic mass is 19.4. The summed E-state index contributed by atoms with van der Waals surface area (Å²) in [6.07, 6.45) is -3.03. The van der Waals surface area contributed by atoms with Gasteiger partial charge in [-0.2, -0.15) is 13.2 Å². The van der Waals surface area contributed by atoms with Gasteiger partial charge in [0, 0.05) is 6.42 Å². The van der Waals surface area contributed by atoms with E-state index in [2.05, 4.69) is 5.32 Å². The molecule has 1 unspecified atom stereocenters. The molecule has 2 rings (SSSR count). The van der Waals surface area contributed by atoms with Gasteiger partial charge in [-0.3, -0.25) is 5.32 Å². The fraction of sp³-hybridized carbons (Fsp3) is 0.294. The van der Waals surface area contributed by atoms with Crippen molar-refractivity contribution in [2.75, 3.05) is 7.05 Å². The molecule has 0 saturated heterocycles. The number of benzene rings is 2. The van der Waals surface area contributed by atoms with Gasteiger partial charge in [0.2, 0.25) is 0 Å². The smallest absolute Gasteiger partial charge is 0.416 e. The topological polar surface area (TPSA) is 21.3 Å². The summed E-state index contributed by atoms with van der Waals surface area (Å²) >= 11 is 0. The molecule has 118 valence electrons. The van der Waals surface area contributed by atoms with Crippen molar-refractivity contribution in [3.05, 3.63) is 65.7 Å². The number of hydrogen-bond acceptors (Lipinski definition) is 2. The first-order chi connectivity index (χ1) is 10.5. The minimum Gasteiger partial charge on any atom is -0.475 e. The van der Waals surface area contributed by atoms with Gasteiger partial charge in [-0.15, -0.1) is 0 Å². The molecule has 0 saturated carbocycles. The van der Waals surface area contributed by atoms with Gasteiger partial charge in [-0.1, -0.05) is 30.3 Å². The highest BCUT2D eigenvalue weighted by Gasteiger charge is 2.30. The third-order valence-electron chi connectivity index (χ3n) is 3.32. The maximum atomic E-state index is 12.5. The highest BCUT2D eigenvalue weighted by Crippen LogP contribution is 2.30. The van der Waals surface area contributed by atoms with Crippen molar-refractivity contribution in [3.63, 3.8) is 0 Å². The SMILES string of the molecule is CNC(CCc1ccccc1)Oc1ccc(C(F)(F)F)cc1. The number of aryl methyl sites for hydroxylation is 1. The first-order valence-electron chi connectivity index (χ1n) is 7.04. The van der Waals surface area contributed by atoms with Crippen LogP contribution in [0.4, 0.5) is 13.2 Å². The number of hydrogen-bond donors (Lipinski definition) is 1. The number of nitrogens with one attached hydrogen (secondary N) is 1. The zero-order valence-electron chi connectivity index (χ0n) is 12.2. The van der Waals surface area contributed by atoms with Gasteiger partial charge in [0.25, 0.3) is 0 Å². The second-order valence-electron chi connectivity index (χ2n) is 4.94. The first-order valence-corrected chi connectivity index (χ1v) is 7.04. The Bertz CT molecular complexity index is 567. The lowest BCUT2D eigenvalue weighted by Gasteiger charge is -2.19. The van der Waals surface area contributed by atoms with Gasteiger partial charge in [-0.25, -0.2) is 0 Å². The van der Waals surface area contributed by atoms with Crippen molar-refractivity contribution in [1.82, 2.24) is 5.32 Å². The molecule has 0 aliphatic carbocycles. The fourth-order valence-corrected chi connectivity index (χ4v) is 2.09. The monoisotopic (exact) mass is 309 g/mol. The Morgan fingerprint density at radius 1 is 1.00 bits per heavy atom. The fourth-order valence-electron chi connectivity index (χ4n) is 2.09. The minimum absolute atomic E-state index is 0.253. The molecule has 0 aliphatic heterocycles. The molecule has 0 radical (unpaired) electrons. The van der Waals surface area contributed by atoms with Gasteiger partial charge in [-0.05, 0) is 43.3 Å². The highest BCUT2D eigenvalue weighted by molar-refractivity contribution is 5.29. The van der Waals surface area contributed by atoms with Crippen LogP contribution in [0.2, 0.25) is 0 Å². The molecule has 0 aliphatic rings. The van der Waals surface area contributed by atoms with Crippen LogP contribution in [0.25, 0.3) is 0 Å². The Morgan fingerprint density at radius 2 is 1.64 bits per heavy atom. The summed E-state index contributed by atoms with van der Waals surface area (Å²) in [4.78, 5) is 0. The molecular weight excluding hydrogens is 291 g/mol. The predicted molar refractivity (Wildman–Crippen MR) is 79.7 cm³/mol. The van der Waals surface area contributed by atoms with Crippen LogP contribution in [-0.4, -0.2) is 13.3 Å². The zero-order chi connectivity index (χ0) is 16.0. The number of rotatable bonds is 6. The largest absolute Gasteiger partial charge is 0.475 e. The molecule has 2 aromatic carbocycles. The van der Waals surface area contributed by atoms with Crippen LogP contribution in [0.15, 0.2) is 54.6 Å². The third-order valence-corrected chi connectivity index (χ3v) is 3.32. The van der Waals surface area contributed by atoms with Crippen molar-refractivity contribution >= 4 is 0 Å². The minimum atomic E-state index is -4.33. The van der Waals surface area contributed by atoms with Crippen LogP contribution < -0.4 is 10.1 Å². The molecule has 5 heteroatoms. The summed E-state index contributed by atoms with van der Waals surface area (Å²) in [5, 5.41) is 3.02. The molecule has 0 spiro atoms. The van der Waals surface area contributed by atoms with Gasteiger partial charge in [0.1, 0.15) is 12.0 Å². The maximum Gasteiger partial charge on any atom is 0.416 e. The van der Waals surface area contributed by atoms with Crippen LogP contribution in [0.5, 0.6) is 5.75 Å². The van der Waals surface area contributed by atoms with Crippen molar-refractivity contribution < 1.29 is 17.9 Å². The summed E-state index contributed by atoms with van der Waals surface area (Å²) in [5.41, 5.74) is 0.518. The lowest BCUT2D eigenvalue weighted by atomic mass is 10.1. The number of ether oxygens (including phenoxy) is 1. The van der Waals surface area contributed by atoms with Crippen molar-refractivity contribution in [2.24, 2.45) is 0 Å². The lowest BCUT2D eigenvalue weighted by Crippen LogP contribution is -2.31. The summed E-state index contributed by atoms with van der Waals surface area (Å²) < 4.78 is 43.2. The first kappa shape index (κ1) is 16.4. The van der Waals surface area contributed by atoms with Gasteiger partial charge < -0.3 is 4.74 Å². The zero-order valence-corrected chi connectivity index (χ0v) is 12.2. The molecule has 0 aromatic heterocycles. The molecule has 1 N–H and O–H groups in total. The molecule has 2 aromatic rings. The van der Waals surface area contributed by atoms with Crippen LogP contribution in [0.1, 0.15) is 17.5 Å². The van der Waals surface area contributed by atoms with E-state index in [1.807, 2.05) is 30.3 Å². The molecule has 0 fully saturated rings. The van der Waals surface area contributed by atoms with Gasteiger partial charge in [0.15, 0.2) is 0 Å².